The first-order valence-corrected chi connectivity index (χ1v) is 12.5. The van der Waals surface area contributed by atoms with E-state index in [1.807, 2.05) is 36.4 Å². The highest BCUT2D eigenvalue weighted by molar-refractivity contribution is 6.16. The van der Waals surface area contributed by atoms with Gasteiger partial charge in [0.25, 0.3) is 5.91 Å². The quantitative estimate of drug-likeness (QED) is 0.320. The third kappa shape index (κ3) is 4.46. The molecule has 0 N–H and O–H groups in total. The fourth-order valence-corrected chi connectivity index (χ4v) is 5.08. The fraction of sp³-hybridized carbons (Fsp3) is 0.433. The summed E-state index contributed by atoms with van der Waals surface area (Å²) in [6.45, 7) is 14.4. The molecule has 0 saturated carbocycles. The molecule has 1 amide bonds. The lowest BCUT2D eigenvalue weighted by atomic mass is 9.67. The maximum absolute atomic E-state index is 14.6. The summed E-state index contributed by atoms with van der Waals surface area (Å²) < 4.78 is 18.1. The number of hydrogen-bond donors (Lipinski definition) is 0. The van der Waals surface area contributed by atoms with Gasteiger partial charge in [0.2, 0.25) is 11.0 Å². The molecule has 2 atom stereocenters. The van der Waals surface area contributed by atoms with Crippen molar-refractivity contribution in [2.24, 2.45) is 5.41 Å². The number of nitrogens with zero attached hydrogens (tertiary/aromatic N) is 1. The Morgan fingerprint density at radius 2 is 1.51 bits per heavy atom. The summed E-state index contributed by atoms with van der Waals surface area (Å²) in [7, 11) is 0. The smallest absolute Gasteiger partial charge is 0.328 e. The van der Waals surface area contributed by atoms with Crippen molar-refractivity contribution >= 4 is 23.5 Å². The molecule has 2 heterocycles. The zero-order chi connectivity index (χ0) is 27.2. The predicted molar refractivity (Wildman–Crippen MR) is 140 cm³/mol. The maximum atomic E-state index is 14.6. The molecule has 1 fully saturated rings. The number of ether oxygens (including phenoxy) is 3. The van der Waals surface area contributed by atoms with Gasteiger partial charge in [-0.3, -0.25) is 14.4 Å². The van der Waals surface area contributed by atoms with Gasteiger partial charge in [0, 0.05) is 12.0 Å². The Morgan fingerprint density at radius 3 is 2.05 bits per heavy atom. The summed E-state index contributed by atoms with van der Waals surface area (Å²) in [5.41, 5.74) is -4.04. The van der Waals surface area contributed by atoms with Crippen molar-refractivity contribution in [2.75, 3.05) is 4.90 Å². The van der Waals surface area contributed by atoms with Crippen molar-refractivity contribution in [3.63, 3.8) is 0 Å². The van der Waals surface area contributed by atoms with Crippen LogP contribution in [0.25, 0.3) is 0 Å². The summed E-state index contributed by atoms with van der Waals surface area (Å²) >= 11 is 0. The van der Waals surface area contributed by atoms with E-state index in [0.717, 1.165) is 5.56 Å². The Bertz CT molecular complexity index is 1190. The van der Waals surface area contributed by atoms with Crippen LogP contribution in [-0.2, 0) is 40.7 Å². The highest BCUT2D eigenvalue weighted by Gasteiger charge is 2.77. The molecule has 0 aromatic heterocycles. The molecule has 2 unspecified atom stereocenters. The molecule has 7 heteroatoms. The Hall–Kier alpha value is -3.45. The molecule has 0 bridgehead atoms. The molecule has 1 spiro atoms. The van der Waals surface area contributed by atoms with Crippen molar-refractivity contribution < 1.29 is 28.6 Å². The number of esters is 2. The summed E-state index contributed by atoms with van der Waals surface area (Å²) in [6.07, 6.45) is 0.599. The lowest BCUT2D eigenvalue weighted by Crippen LogP contribution is -2.60. The molecular formula is C30H35NO6. The lowest BCUT2D eigenvalue weighted by molar-refractivity contribution is -0.201. The zero-order valence-electron chi connectivity index (χ0n) is 22.4. The van der Waals surface area contributed by atoms with Crippen LogP contribution in [0.3, 0.4) is 0 Å². The van der Waals surface area contributed by atoms with Gasteiger partial charge in [0.15, 0.2) is 0 Å². The van der Waals surface area contributed by atoms with E-state index in [4.69, 9.17) is 14.2 Å². The van der Waals surface area contributed by atoms with E-state index in [0.29, 0.717) is 11.3 Å². The Kier molecular flexibility index (Phi) is 6.57. The van der Waals surface area contributed by atoms with Gasteiger partial charge < -0.3 is 19.1 Å². The minimum absolute atomic E-state index is 0.139. The van der Waals surface area contributed by atoms with Crippen molar-refractivity contribution in [2.45, 2.75) is 77.4 Å². The highest BCUT2D eigenvalue weighted by atomic mass is 16.6. The van der Waals surface area contributed by atoms with Crippen LogP contribution in [0.15, 0.2) is 67.3 Å². The largest absolute Gasteiger partial charge is 0.459 e. The van der Waals surface area contributed by atoms with Crippen LogP contribution >= 0.6 is 0 Å². The summed E-state index contributed by atoms with van der Waals surface area (Å²) in [5, 5.41) is 0. The van der Waals surface area contributed by atoms with Crippen LogP contribution in [0, 0.1) is 5.41 Å². The Morgan fingerprint density at radius 1 is 0.973 bits per heavy atom. The van der Waals surface area contributed by atoms with E-state index in [9.17, 15) is 14.4 Å². The van der Waals surface area contributed by atoms with E-state index < -0.39 is 46.2 Å². The molecule has 37 heavy (non-hydrogen) atoms. The number of para-hydroxylation sites is 1. The second-order valence-corrected chi connectivity index (χ2v) is 11.6. The minimum atomic E-state index is -2.09. The van der Waals surface area contributed by atoms with E-state index >= 15 is 0 Å². The molecule has 2 aliphatic heterocycles. The third-order valence-corrected chi connectivity index (χ3v) is 6.50. The number of benzene rings is 2. The van der Waals surface area contributed by atoms with E-state index in [1.54, 1.807) is 64.6 Å². The van der Waals surface area contributed by atoms with Crippen molar-refractivity contribution in [1.82, 2.24) is 0 Å². The van der Waals surface area contributed by atoms with E-state index in [1.165, 1.54) is 6.08 Å². The Labute approximate surface area is 218 Å². The molecule has 2 aromatic rings. The summed E-state index contributed by atoms with van der Waals surface area (Å²) in [5.74, 6) is -2.23. The number of fused-ring (bicyclic) bond motifs is 2. The van der Waals surface area contributed by atoms with Gasteiger partial charge in [0.1, 0.15) is 11.2 Å². The van der Waals surface area contributed by atoms with E-state index in [-0.39, 0.29) is 13.0 Å². The standard InChI is InChI=1S/C30H35NO6/c1-8-21-18-29(25(33)36-27(2,3)4,26(34)37-28(5,6)7)30(35-21)22-16-12-13-17-23(22)31(24(30)32)19-20-14-10-9-11-15-20/h8-17,21H,1,18-19H2,2-7H3. The molecule has 4 rings (SSSR count). The number of carbonyl (C=O) groups excluding carboxylic acids is 3. The number of amides is 1. The van der Waals surface area contributed by atoms with Crippen LogP contribution in [0.4, 0.5) is 5.69 Å². The second-order valence-electron chi connectivity index (χ2n) is 11.6. The number of rotatable bonds is 5. The molecule has 2 aliphatic rings. The van der Waals surface area contributed by atoms with E-state index in [2.05, 4.69) is 6.58 Å². The third-order valence-electron chi connectivity index (χ3n) is 6.50. The summed E-state index contributed by atoms with van der Waals surface area (Å²) in [4.78, 5) is 44.4. The van der Waals surface area contributed by atoms with Gasteiger partial charge in [-0.05, 0) is 53.2 Å². The monoisotopic (exact) mass is 505 g/mol. The fourth-order valence-electron chi connectivity index (χ4n) is 5.08. The predicted octanol–water partition coefficient (Wildman–Crippen LogP) is 5.07. The van der Waals surface area contributed by atoms with Crippen LogP contribution < -0.4 is 4.90 Å². The van der Waals surface area contributed by atoms with Gasteiger partial charge in [0.05, 0.1) is 18.3 Å². The molecule has 2 aromatic carbocycles. The van der Waals surface area contributed by atoms with Gasteiger partial charge in [-0.1, -0.05) is 54.6 Å². The molecule has 1 saturated heterocycles. The van der Waals surface area contributed by atoms with Crippen molar-refractivity contribution in [3.8, 4) is 0 Å². The molecule has 0 aliphatic carbocycles. The molecular weight excluding hydrogens is 470 g/mol. The number of carbonyl (C=O) groups is 3. The topological polar surface area (TPSA) is 82.1 Å². The van der Waals surface area contributed by atoms with Crippen molar-refractivity contribution in [1.29, 1.82) is 0 Å². The highest BCUT2D eigenvalue weighted by Crippen LogP contribution is 2.61. The second kappa shape index (κ2) is 9.14. The van der Waals surface area contributed by atoms with Gasteiger partial charge in [-0.15, -0.1) is 6.58 Å². The van der Waals surface area contributed by atoms with Gasteiger partial charge >= 0.3 is 11.9 Å². The Balaban J connectivity index is 1.97. The first-order chi connectivity index (χ1) is 17.2. The normalized spacial score (nSPS) is 22.6. The zero-order valence-corrected chi connectivity index (χ0v) is 22.4. The average molecular weight is 506 g/mol. The average Bonchev–Trinajstić information content (AvgIpc) is 3.28. The van der Waals surface area contributed by atoms with Crippen LogP contribution in [0.1, 0.15) is 59.1 Å². The number of anilines is 1. The van der Waals surface area contributed by atoms with Gasteiger partial charge in [-0.2, -0.15) is 0 Å². The first-order valence-electron chi connectivity index (χ1n) is 12.5. The molecule has 0 radical (unpaired) electrons. The van der Waals surface area contributed by atoms with Crippen LogP contribution in [0.5, 0.6) is 0 Å². The minimum Gasteiger partial charge on any atom is -0.459 e. The molecule has 7 nitrogen and oxygen atoms in total. The maximum Gasteiger partial charge on any atom is 0.328 e. The molecule has 196 valence electrons. The van der Waals surface area contributed by atoms with Crippen LogP contribution in [0.2, 0.25) is 0 Å². The lowest BCUT2D eigenvalue weighted by Gasteiger charge is -2.39. The first kappa shape index (κ1) is 26.6. The summed E-state index contributed by atoms with van der Waals surface area (Å²) in [6, 6.07) is 16.6. The SMILES string of the molecule is C=CC1CC(C(=O)OC(C)(C)C)(C(=O)OC(C)(C)C)C2(O1)C(=O)N(Cc1ccccc1)c1ccccc12. The van der Waals surface area contributed by atoms with Gasteiger partial charge in [-0.25, -0.2) is 0 Å². The van der Waals surface area contributed by atoms with Crippen molar-refractivity contribution in [3.05, 3.63) is 78.4 Å². The number of hydrogen-bond acceptors (Lipinski definition) is 6. The van der Waals surface area contributed by atoms with Crippen LogP contribution in [-0.4, -0.2) is 35.2 Å².